The van der Waals surface area contributed by atoms with Gasteiger partial charge in [-0.3, -0.25) is 14.3 Å². The number of hydrogen-bond donors (Lipinski definition) is 1. The highest BCUT2D eigenvalue weighted by atomic mass is 35.5. The Balaban J connectivity index is 1.58. The number of carbonyl (C=O) groups excluding carboxylic acids is 1. The molecule has 0 aliphatic carbocycles. The van der Waals surface area contributed by atoms with Gasteiger partial charge in [0, 0.05) is 27.6 Å². The maximum Gasteiger partial charge on any atom is 0.234 e. The molecular weight excluding hydrogens is 453 g/mol. The molecule has 0 spiro atoms. The SMILES string of the molecule is Cc1cc(Cl)ccc1NC(=O)CSc1nnc(-c2ccccn2)n1-c1ccc(Cl)cc1. The Morgan fingerprint density at radius 2 is 1.81 bits per heavy atom. The number of aromatic nitrogens is 4. The average molecular weight is 470 g/mol. The molecule has 31 heavy (non-hydrogen) atoms. The number of thioether (sulfide) groups is 1. The predicted octanol–water partition coefficient (Wildman–Crippen LogP) is 5.68. The van der Waals surface area contributed by atoms with Crippen molar-refractivity contribution in [2.75, 3.05) is 11.1 Å². The van der Waals surface area contributed by atoms with Gasteiger partial charge in [0.1, 0.15) is 5.69 Å². The van der Waals surface area contributed by atoms with Gasteiger partial charge >= 0.3 is 0 Å². The fourth-order valence-corrected chi connectivity index (χ4v) is 4.04. The fourth-order valence-electron chi connectivity index (χ4n) is 2.93. The third kappa shape index (κ3) is 5.07. The van der Waals surface area contributed by atoms with E-state index in [1.807, 2.05) is 41.8 Å². The van der Waals surface area contributed by atoms with E-state index >= 15 is 0 Å². The van der Waals surface area contributed by atoms with Gasteiger partial charge in [0.15, 0.2) is 11.0 Å². The zero-order valence-corrected chi connectivity index (χ0v) is 18.7. The van der Waals surface area contributed by atoms with Crippen molar-refractivity contribution in [3.8, 4) is 17.2 Å². The first kappa shape index (κ1) is 21.4. The largest absolute Gasteiger partial charge is 0.325 e. The maximum absolute atomic E-state index is 12.5. The first-order valence-electron chi connectivity index (χ1n) is 9.33. The second kappa shape index (κ2) is 9.51. The predicted molar refractivity (Wildman–Crippen MR) is 125 cm³/mol. The molecule has 2 aromatic heterocycles. The summed E-state index contributed by atoms with van der Waals surface area (Å²) in [4.78, 5) is 16.9. The van der Waals surface area contributed by atoms with Crippen LogP contribution in [0.1, 0.15) is 5.56 Å². The molecule has 0 aliphatic rings. The molecule has 0 fully saturated rings. The number of halogens is 2. The van der Waals surface area contributed by atoms with Gasteiger partial charge < -0.3 is 5.32 Å². The van der Waals surface area contributed by atoms with Gasteiger partial charge in [-0.05, 0) is 67.1 Å². The Hall–Kier alpha value is -2.87. The van der Waals surface area contributed by atoms with E-state index in [2.05, 4.69) is 20.5 Å². The van der Waals surface area contributed by atoms with Crippen LogP contribution in [-0.4, -0.2) is 31.4 Å². The number of carbonyl (C=O) groups is 1. The lowest BCUT2D eigenvalue weighted by molar-refractivity contribution is -0.113. The molecule has 0 radical (unpaired) electrons. The van der Waals surface area contributed by atoms with Crippen LogP contribution in [0.25, 0.3) is 17.2 Å². The number of nitrogens with zero attached hydrogens (tertiary/aromatic N) is 4. The van der Waals surface area contributed by atoms with Crippen molar-refractivity contribution >= 4 is 46.6 Å². The number of rotatable bonds is 6. The van der Waals surface area contributed by atoms with Gasteiger partial charge in [0.2, 0.25) is 5.91 Å². The van der Waals surface area contributed by atoms with Crippen LogP contribution >= 0.6 is 35.0 Å². The summed E-state index contributed by atoms with van der Waals surface area (Å²) >= 11 is 13.3. The van der Waals surface area contributed by atoms with Crippen molar-refractivity contribution in [1.82, 2.24) is 19.7 Å². The van der Waals surface area contributed by atoms with E-state index in [9.17, 15) is 4.79 Å². The maximum atomic E-state index is 12.5. The third-order valence-electron chi connectivity index (χ3n) is 4.41. The Labute approximate surface area is 193 Å². The van der Waals surface area contributed by atoms with Crippen LogP contribution in [0.3, 0.4) is 0 Å². The number of benzene rings is 2. The molecule has 156 valence electrons. The molecular formula is C22H17Cl2N5OS. The molecule has 0 saturated heterocycles. The van der Waals surface area contributed by atoms with Crippen molar-refractivity contribution in [1.29, 1.82) is 0 Å². The first-order valence-corrected chi connectivity index (χ1v) is 11.1. The van der Waals surface area contributed by atoms with E-state index in [1.165, 1.54) is 11.8 Å². The minimum atomic E-state index is -0.152. The molecule has 6 nitrogen and oxygen atoms in total. The van der Waals surface area contributed by atoms with Crippen LogP contribution in [-0.2, 0) is 4.79 Å². The highest BCUT2D eigenvalue weighted by Gasteiger charge is 2.18. The summed E-state index contributed by atoms with van der Waals surface area (Å²) in [6, 6.07) is 18.3. The van der Waals surface area contributed by atoms with Crippen LogP contribution in [0.2, 0.25) is 10.0 Å². The minimum absolute atomic E-state index is 0.152. The zero-order valence-electron chi connectivity index (χ0n) is 16.4. The summed E-state index contributed by atoms with van der Waals surface area (Å²) < 4.78 is 1.87. The zero-order chi connectivity index (χ0) is 21.8. The molecule has 0 unspecified atom stereocenters. The highest BCUT2D eigenvalue weighted by Crippen LogP contribution is 2.28. The lowest BCUT2D eigenvalue weighted by Crippen LogP contribution is -2.15. The topological polar surface area (TPSA) is 72.7 Å². The van der Waals surface area contributed by atoms with Crippen molar-refractivity contribution in [3.63, 3.8) is 0 Å². The number of pyridine rings is 1. The molecule has 2 heterocycles. The monoisotopic (exact) mass is 469 g/mol. The van der Waals surface area contributed by atoms with Gasteiger partial charge in [-0.15, -0.1) is 10.2 Å². The molecule has 0 bridgehead atoms. The molecule has 4 aromatic rings. The number of aryl methyl sites for hydroxylation is 1. The summed E-state index contributed by atoms with van der Waals surface area (Å²) in [5.74, 6) is 0.593. The molecule has 0 aliphatic heterocycles. The number of nitrogens with one attached hydrogen (secondary N) is 1. The van der Waals surface area contributed by atoms with E-state index < -0.39 is 0 Å². The van der Waals surface area contributed by atoms with Crippen molar-refractivity contribution in [2.45, 2.75) is 12.1 Å². The van der Waals surface area contributed by atoms with E-state index in [0.717, 1.165) is 16.9 Å². The van der Waals surface area contributed by atoms with Gasteiger partial charge in [0.05, 0.1) is 5.75 Å². The molecule has 4 rings (SSSR count). The van der Waals surface area contributed by atoms with E-state index in [4.69, 9.17) is 23.2 Å². The normalized spacial score (nSPS) is 10.8. The second-order valence-corrected chi connectivity index (χ2v) is 8.44. The number of anilines is 1. The van der Waals surface area contributed by atoms with Gasteiger partial charge in [-0.25, -0.2) is 0 Å². The fraction of sp³-hybridized carbons (Fsp3) is 0.0909. The molecule has 2 aromatic carbocycles. The summed E-state index contributed by atoms with van der Waals surface area (Å²) in [5, 5.41) is 13.4. The number of hydrogen-bond acceptors (Lipinski definition) is 5. The van der Waals surface area contributed by atoms with Crippen LogP contribution in [0, 0.1) is 6.92 Å². The Morgan fingerprint density at radius 1 is 1.03 bits per heavy atom. The minimum Gasteiger partial charge on any atom is -0.325 e. The van der Waals surface area contributed by atoms with Crippen LogP contribution < -0.4 is 5.32 Å². The van der Waals surface area contributed by atoms with Crippen LogP contribution in [0.5, 0.6) is 0 Å². The lowest BCUT2D eigenvalue weighted by Gasteiger charge is -2.11. The van der Waals surface area contributed by atoms with Crippen molar-refractivity contribution in [2.24, 2.45) is 0 Å². The van der Waals surface area contributed by atoms with Crippen molar-refractivity contribution in [3.05, 3.63) is 82.5 Å². The summed E-state index contributed by atoms with van der Waals surface area (Å²) in [7, 11) is 0. The quantitative estimate of drug-likeness (QED) is 0.368. The first-order chi connectivity index (χ1) is 15.0. The van der Waals surface area contributed by atoms with Crippen LogP contribution in [0.4, 0.5) is 5.69 Å². The average Bonchev–Trinajstić information content (AvgIpc) is 3.19. The molecule has 0 atom stereocenters. The highest BCUT2D eigenvalue weighted by molar-refractivity contribution is 7.99. The van der Waals surface area contributed by atoms with Crippen molar-refractivity contribution < 1.29 is 4.79 Å². The summed E-state index contributed by atoms with van der Waals surface area (Å²) in [5.41, 5.74) is 3.13. The standard InChI is InChI=1S/C22H17Cl2N5OS/c1-14-12-16(24)7-10-18(14)26-20(30)13-31-22-28-27-21(19-4-2-3-11-25-19)29(22)17-8-5-15(23)6-9-17/h2-12H,13H2,1H3,(H,26,30). The third-order valence-corrected chi connectivity index (χ3v) is 5.82. The molecule has 1 amide bonds. The van der Waals surface area contributed by atoms with Gasteiger partial charge in [-0.1, -0.05) is 41.0 Å². The van der Waals surface area contributed by atoms with Crippen LogP contribution in [0.15, 0.2) is 72.0 Å². The molecule has 9 heteroatoms. The smallest absolute Gasteiger partial charge is 0.234 e. The second-order valence-electron chi connectivity index (χ2n) is 6.63. The summed E-state index contributed by atoms with van der Waals surface area (Å²) in [6.45, 7) is 1.89. The van der Waals surface area contributed by atoms with E-state index in [0.29, 0.717) is 26.7 Å². The Morgan fingerprint density at radius 3 is 2.52 bits per heavy atom. The molecule has 1 N–H and O–H groups in total. The van der Waals surface area contributed by atoms with Gasteiger partial charge in [-0.2, -0.15) is 0 Å². The van der Waals surface area contributed by atoms with Gasteiger partial charge in [0.25, 0.3) is 0 Å². The Bertz CT molecular complexity index is 1210. The lowest BCUT2D eigenvalue weighted by atomic mass is 10.2. The Kier molecular flexibility index (Phi) is 6.56. The summed E-state index contributed by atoms with van der Waals surface area (Å²) in [6.07, 6.45) is 1.70. The van der Waals surface area contributed by atoms with E-state index in [1.54, 1.807) is 36.5 Å². The molecule has 0 saturated carbocycles. The van der Waals surface area contributed by atoms with E-state index in [-0.39, 0.29) is 11.7 Å². The number of amides is 1.